The van der Waals surface area contributed by atoms with E-state index in [1.165, 1.54) is 23.6 Å². The number of thiazole rings is 1. The van der Waals surface area contributed by atoms with Crippen molar-refractivity contribution in [3.63, 3.8) is 0 Å². The van der Waals surface area contributed by atoms with Gasteiger partial charge in [0, 0.05) is 5.38 Å². The summed E-state index contributed by atoms with van der Waals surface area (Å²) in [4.78, 5) is 26.4. The molecule has 0 unspecified atom stereocenters. The topological polar surface area (TPSA) is 105 Å². The summed E-state index contributed by atoms with van der Waals surface area (Å²) in [6.45, 7) is 3.27. The summed E-state index contributed by atoms with van der Waals surface area (Å²) < 4.78 is 0. The van der Waals surface area contributed by atoms with E-state index < -0.39 is 12.0 Å². The number of primary amides is 1. The first-order valence-corrected chi connectivity index (χ1v) is 6.22. The van der Waals surface area contributed by atoms with Crippen molar-refractivity contribution >= 4 is 28.8 Å². The number of carbonyl (C=O) groups excluding carboxylic acids is 2. The monoisotopic (exact) mass is 269 g/mol. The highest BCUT2D eigenvalue weighted by atomic mass is 32.1. The van der Waals surface area contributed by atoms with Gasteiger partial charge in [-0.15, -0.1) is 11.3 Å². The Labute approximate surface area is 109 Å². The first-order chi connectivity index (χ1) is 8.43. The number of aliphatic hydroxyl groups excluding tert-OH is 1. The summed E-state index contributed by atoms with van der Waals surface area (Å²) in [6.07, 6.45) is 0.968. The molecule has 4 N–H and O–H groups in total. The summed E-state index contributed by atoms with van der Waals surface area (Å²) in [5.74, 6) is -0.919. The zero-order valence-electron chi connectivity index (χ0n) is 10.1. The molecule has 0 aliphatic heterocycles. The maximum Gasteiger partial charge on any atom is 0.268 e. The number of allylic oxidation sites excluding steroid dienone is 1. The van der Waals surface area contributed by atoms with Gasteiger partial charge < -0.3 is 16.2 Å². The minimum atomic E-state index is -0.708. The van der Waals surface area contributed by atoms with Crippen LogP contribution < -0.4 is 11.1 Å². The van der Waals surface area contributed by atoms with E-state index in [0.29, 0.717) is 10.7 Å². The number of nitrogens with one attached hydrogen (secondary N) is 1. The number of hydrogen-bond donors (Lipinski definition) is 3. The van der Waals surface area contributed by atoms with Gasteiger partial charge in [-0.25, -0.2) is 4.98 Å². The Balaban J connectivity index is 2.78. The van der Waals surface area contributed by atoms with Gasteiger partial charge in [0.05, 0.1) is 18.2 Å². The highest BCUT2D eigenvalue weighted by molar-refractivity contribution is 7.11. The van der Waals surface area contributed by atoms with E-state index in [2.05, 4.69) is 10.3 Å². The molecular weight excluding hydrogens is 254 g/mol. The average Bonchev–Trinajstić information content (AvgIpc) is 2.74. The fraction of sp³-hybridized carbons (Fsp3) is 0.364. The SMILES string of the molecule is C/C=C(\NC(=O)C[C@@H](C)O)c1nc(C(N)=O)cs1. The number of nitrogens with zero attached hydrogens (tertiary/aromatic N) is 1. The second-order valence-corrected chi connectivity index (χ2v) is 4.56. The van der Waals surface area contributed by atoms with Crippen LogP contribution in [0, 0.1) is 0 Å². The van der Waals surface area contributed by atoms with Crippen molar-refractivity contribution in [1.82, 2.24) is 10.3 Å². The predicted molar refractivity (Wildman–Crippen MR) is 68.7 cm³/mol. The van der Waals surface area contributed by atoms with Crippen LogP contribution in [0.1, 0.15) is 35.8 Å². The molecule has 1 atom stereocenters. The van der Waals surface area contributed by atoms with Crippen molar-refractivity contribution in [3.05, 3.63) is 22.2 Å². The number of hydrogen-bond acceptors (Lipinski definition) is 5. The number of aromatic nitrogens is 1. The van der Waals surface area contributed by atoms with Gasteiger partial charge >= 0.3 is 0 Å². The molecule has 0 saturated heterocycles. The lowest BCUT2D eigenvalue weighted by Gasteiger charge is -2.08. The summed E-state index contributed by atoms with van der Waals surface area (Å²) in [7, 11) is 0. The molecule has 1 rings (SSSR count). The fourth-order valence-corrected chi connectivity index (χ4v) is 2.07. The van der Waals surface area contributed by atoms with Crippen molar-refractivity contribution in [1.29, 1.82) is 0 Å². The standard InChI is InChI=1S/C11H15N3O3S/c1-3-7(13-9(16)4-6(2)15)11-14-8(5-18-11)10(12)17/h3,5-6,15H,4H2,1-2H3,(H2,12,17)(H,13,16)/b7-3-/t6-/m1/s1. The molecule has 1 aromatic rings. The van der Waals surface area contributed by atoms with E-state index in [4.69, 9.17) is 10.8 Å². The van der Waals surface area contributed by atoms with Crippen molar-refractivity contribution in [2.24, 2.45) is 5.73 Å². The van der Waals surface area contributed by atoms with Crippen LogP contribution in [0.2, 0.25) is 0 Å². The summed E-state index contributed by atoms with van der Waals surface area (Å²) >= 11 is 1.21. The Morgan fingerprint density at radius 2 is 2.33 bits per heavy atom. The summed E-state index contributed by atoms with van der Waals surface area (Å²) in [5, 5.41) is 13.8. The molecule has 0 bridgehead atoms. The van der Waals surface area contributed by atoms with Gasteiger partial charge in [-0.2, -0.15) is 0 Å². The van der Waals surface area contributed by atoms with Crippen LogP contribution in [0.4, 0.5) is 0 Å². The Morgan fingerprint density at radius 1 is 1.67 bits per heavy atom. The summed E-state index contributed by atoms with van der Waals surface area (Å²) in [6, 6.07) is 0. The Kier molecular flexibility index (Phi) is 4.99. The predicted octanol–water partition coefficient (Wildman–Crippen LogP) is 0.490. The normalized spacial score (nSPS) is 13.2. The molecule has 0 aromatic carbocycles. The first kappa shape index (κ1) is 14.3. The molecule has 6 nitrogen and oxygen atoms in total. The van der Waals surface area contributed by atoms with E-state index in [0.717, 1.165) is 0 Å². The third-order valence-corrected chi connectivity index (χ3v) is 2.91. The Bertz CT molecular complexity index is 480. The lowest BCUT2D eigenvalue weighted by molar-refractivity contribution is -0.121. The van der Waals surface area contributed by atoms with Gasteiger partial charge in [0.1, 0.15) is 10.7 Å². The Hall–Kier alpha value is -1.73. The number of rotatable bonds is 5. The van der Waals surface area contributed by atoms with Crippen molar-refractivity contribution < 1.29 is 14.7 Å². The van der Waals surface area contributed by atoms with Crippen LogP contribution in [0.5, 0.6) is 0 Å². The minimum absolute atomic E-state index is 0.00535. The van der Waals surface area contributed by atoms with Crippen LogP contribution in [0.3, 0.4) is 0 Å². The van der Waals surface area contributed by atoms with Crippen LogP contribution in [-0.4, -0.2) is 28.0 Å². The smallest absolute Gasteiger partial charge is 0.268 e. The maximum atomic E-state index is 11.5. The van der Waals surface area contributed by atoms with Gasteiger partial charge in [0.2, 0.25) is 5.91 Å². The van der Waals surface area contributed by atoms with Crippen LogP contribution >= 0.6 is 11.3 Å². The van der Waals surface area contributed by atoms with Crippen molar-refractivity contribution in [3.8, 4) is 0 Å². The highest BCUT2D eigenvalue weighted by Crippen LogP contribution is 2.17. The van der Waals surface area contributed by atoms with Gasteiger partial charge in [0.25, 0.3) is 5.91 Å². The van der Waals surface area contributed by atoms with Gasteiger partial charge in [-0.1, -0.05) is 6.08 Å². The second kappa shape index (κ2) is 6.27. The van der Waals surface area contributed by atoms with Crippen LogP contribution in [0.15, 0.2) is 11.5 Å². The van der Waals surface area contributed by atoms with E-state index >= 15 is 0 Å². The molecule has 0 aliphatic rings. The molecule has 2 amide bonds. The zero-order chi connectivity index (χ0) is 13.7. The largest absolute Gasteiger partial charge is 0.393 e. The fourth-order valence-electron chi connectivity index (χ4n) is 1.23. The summed E-state index contributed by atoms with van der Waals surface area (Å²) in [5.41, 5.74) is 5.77. The highest BCUT2D eigenvalue weighted by Gasteiger charge is 2.13. The van der Waals surface area contributed by atoms with Gasteiger partial charge in [0.15, 0.2) is 0 Å². The molecule has 0 spiro atoms. The molecule has 1 aromatic heterocycles. The van der Waals surface area contributed by atoms with Gasteiger partial charge in [-0.3, -0.25) is 9.59 Å². The molecule has 0 fully saturated rings. The lowest BCUT2D eigenvalue weighted by atomic mass is 10.2. The third-order valence-electron chi connectivity index (χ3n) is 2.03. The number of amides is 2. The van der Waals surface area contributed by atoms with Crippen LogP contribution in [-0.2, 0) is 4.79 Å². The zero-order valence-corrected chi connectivity index (χ0v) is 11.0. The van der Waals surface area contributed by atoms with E-state index in [1.807, 2.05) is 0 Å². The van der Waals surface area contributed by atoms with E-state index in [1.54, 1.807) is 13.0 Å². The first-order valence-electron chi connectivity index (χ1n) is 5.34. The second-order valence-electron chi connectivity index (χ2n) is 3.71. The molecular formula is C11H15N3O3S. The molecule has 0 radical (unpaired) electrons. The molecule has 1 heterocycles. The van der Waals surface area contributed by atoms with Crippen molar-refractivity contribution in [2.45, 2.75) is 26.4 Å². The number of nitrogens with two attached hydrogens (primary N) is 1. The maximum absolute atomic E-state index is 11.5. The molecule has 0 aliphatic carbocycles. The van der Waals surface area contributed by atoms with Crippen molar-refractivity contribution in [2.75, 3.05) is 0 Å². The van der Waals surface area contributed by atoms with E-state index in [-0.39, 0.29) is 18.0 Å². The van der Waals surface area contributed by atoms with Gasteiger partial charge in [-0.05, 0) is 13.8 Å². The Morgan fingerprint density at radius 3 is 2.78 bits per heavy atom. The quantitative estimate of drug-likeness (QED) is 0.723. The third kappa shape index (κ3) is 3.94. The molecule has 7 heteroatoms. The minimum Gasteiger partial charge on any atom is -0.393 e. The van der Waals surface area contributed by atoms with Crippen LogP contribution in [0.25, 0.3) is 5.70 Å². The number of carbonyl (C=O) groups is 2. The lowest BCUT2D eigenvalue weighted by Crippen LogP contribution is -2.25. The molecule has 0 saturated carbocycles. The molecule has 18 heavy (non-hydrogen) atoms. The van der Waals surface area contributed by atoms with E-state index in [9.17, 15) is 9.59 Å². The number of aliphatic hydroxyl groups is 1. The molecule has 98 valence electrons. The average molecular weight is 269 g/mol.